The average Bonchev–Trinajstić information content (AvgIpc) is 2.33. The van der Waals surface area contributed by atoms with Crippen LogP contribution in [0.25, 0.3) is 0 Å². The Labute approximate surface area is 123 Å². The maximum Gasteiger partial charge on any atom is 0.228 e. The SMILES string of the molecule is Cc1cc(C)c(NC(=O)Cc2cccc(N)c2)c(Cl)c1. The highest BCUT2D eigenvalue weighted by Crippen LogP contribution is 2.27. The van der Waals surface area contributed by atoms with E-state index in [1.807, 2.05) is 38.1 Å². The molecule has 0 aliphatic rings. The molecule has 0 aliphatic heterocycles. The largest absolute Gasteiger partial charge is 0.399 e. The molecule has 3 nitrogen and oxygen atoms in total. The van der Waals surface area contributed by atoms with E-state index < -0.39 is 0 Å². The first-order chi connectivity index (χ1) is 9.45. The fraction of sp³-hybridized carbons (Fsp3) is 0.188. The fourth-order valence-electron chi connectivity index (χ4n) is 2.15. The molecular weight excluding hydrogens is 272 g/mol. The van der Waals surface area contributed by atoms with Crippen LogP contribution in [-0.2, 0) is 11.2 Å². The lowest BCUT2D eigenvalue weighted by molar-refractivity contribution is -0.115. The van der Waals surface area contributed by atoms with E-state index in [1.54, 1.807) is 12.1 Å². The molecule has 104 valence electrons. The molecule has 20 heavy (non-hydrogen) atoms. The molecule has 0 spiro atoms. The molecule has 2 aromatic carbocycles. The lowest BCUT2D eigenvalue weighted by Gasteiger charge is -2.11. The first-order valence-electron chi connectivity index (χ1n) is 6.36. The summed E-state index contributed by atoms with van der Waals surface area (Å²) in [6.45, 7) is 3.90. The van der Waals surface area contributed by atoms with Gasteiger partial charge in [0.15, 0.2) is 0 Å². The second-order valence-corrected chi connectivity index (χ2v) is 5.32. The van der Waals surface area contributed by atoms with Crippen molar-refractivity contribution in [1.82, 2.24) is 0 Å². The van der Waals surface area contributed by atoms with Crippen molar-refractivity contribution in [1.29, 1.82) is 0 Å². The van der Waals surface area contributed by atoms with Gasteiger partial charge < -0.3 is 11.1 Å². The topological polar surface area (TPSA) is 55.1 Å². The number of aryl methyl sites for hydroxylation is 2. The number of halogens is 1. The van der Waals surface area contributed by atoms with Gasteiger partial charge in [-0.2, -0.15) is 0 Å². The summed E-state index contributed by atoms with van der Waals surface area (Å²) in [7, 11) is 0. The Bertz CT molecular complexity index is 630. The van der Waals surface area contributed by atoms with Gasteiger partial charge in [0.1, 0.15) is 0 Å². The van der Waals surface area contributed by atoms with Gasteiger partial charge in [-0.1, -0.05) is 29.8 Å². The third-order valence-corrected chi connectivity index (χ3v) is 3.31. The van der Waals surface area contributed by atoms with E-state index >= 15 is 0 Å². The van der Waals surface area contributed by atoms with Gasteiger partial charge in [0.05, 0.1) is 17.1 Å². The Kier molecular flexibility index (Phi) is 4.30. The van der Waals surface area contributed by atoms with Gasteiger partial charge in [-0.15, -0.1) is 0 Å². The summed E-state index contributed by atoms with van der Waals surface area (Å²) in [5.41, 5.74) is 9.93. The molecule has 0 aromatic heterocycles. The zero-order chi connectivity index (χ0) is 14.7. The molecule has 1 amide bonds. The highest BCUT2D eigenvalue weighted by Gasteiger charge is 2.10. The second kappa shape index (κ2) is 5.97. The first kappa shape index (κ1) is 14.4. The predicted octanol–water partition coefficient (Wildman–Crippen LogP) is 3.72. The Hall–Kier alpha value is -2.00. The maximum absolute atomic E-state index is 12.1. The number of nitrogen functional groups attached to an aromatic ring is 1. The minimum absolute atomic E-state index is 0.107. The number of nitrogens with two attached hydrogens (primary N) is 1. The third-order valence-electron chi connectivity index (χ3n) is 3.01. The van der Waals surface area contributed by atoms with E-state index in [9.17, 15) is 4.79 Å². The zero-order valence-corrected chi connectivity index (χ0v) is 12.3. The van der Waals surface area contributed by atoms with Gasteiger partial charge in [-0.3, -0.25) is 4.79 Å². The molecule has 0 fully saturated rings. The van der Waals surface area contributed by atoms with Crippen LogP contribution in [0.15, 0.2) is 36.4 Å². The lowest BCUT2D eigenvalue weighted by Crippen LogP contribution is -2.15. The van der Waals surface area contributed by atoms with Crippen molar-refractivity contribution in [3.8, 4) is 0 Å². The molecule has 0 aliphatic carbocycles. The van der Waals surface area contributed by atoms with Crippen LogP contribution in [0.3, 0.4) is 0 Å². The summed E-state index contributed by atoms with van der Waals surface area (Å²) in [4.78, 5) is 12.1. The molecule has 0 saturated heterocycles. The zero-order valence-electron chi connectivity index (χ0n) is 11.5. The third kappa shape index (κ3) is 3.52. The Balaban J connectivity index is 2.13. The Morgan fingerprint density at radius 3 is 2.65 bits per heavy atom. The number of anilines is 2. The van der Waals surface area contributed by atoms with E-state index in [0.717, 1.165) is 16.7 Å². The predicted molar refractivity (Wildman–Crippen MR) is 84.1 cm³/mol. The van der Waals surface area contributed by atoms with E-state index in [-0.39, 0.29) is 12.3 Å². The standard InChI is InChI=1S/C16H17ClN2O/c1-10-6-11(2)16(14(17)7-10)19-15(20)9-12-4-3-5-13(18)8-12/h3-8H,9,18H2,1-2H3,(H,19,20). The fourth-order valence-corrected chi connectivity index (χ4v) is 2.51. The minimum Gasteiger partial charge on any atom is -0.399 e. The first-order valence-corrected chi connectivity index (χ1v) is 6.74. The molecule has 0 radical (unpaired) electrons. The van der Waals surface area contributed by atoms with Crippen molar-refractivity contribution < 1.29 is 4.79 Å². The molecule has 4 heteroatoms. The number of carbonyl (C=O) groups is 1. The molecule has 3 N–H and O–H groups in total. The van der Waals surface area contributed by atoms with Crippen molar-refractivity contribution >= 4 is 28.9 Å². The van der Waals surface area contributed by atoms with Crippen molar-refractivity contribution in [2.75, 3.05) is 11.1 Å². The number of benzene rings is 2. The van der Waals surface area contributed by atoms with Gasteiger partial charge in [-0.05, 0) is 48.7 Å². The summed E-state index contributed by atoms with van der Waals surface area (Å²) in [6.07, 6.45) is 0.273. The minimum atomic E-state index is -0.107. The van der Waals surface area contributed by atoms with Crippen LogP contribution >= 0.6 is 11.6 Å². The van der Waals surface area contributed by atoms with Gasteiger partial charge in [0.2, 0.25) is 5.91 Å². The quantitative estimate of drug-likeness (QED) is 0.846. The van der Waals surface area contributed by atoms with Crippen LogP contribution in [0, 0.1) is 13.8 Å². The van der Waals surface area contributed by atoms with Crippen molar-refractivity contribution in [3.05, 3.63) is 58.1 Å². The molecule has 2 rings (SSSR count). The van der Waals surface area contributed by atoms with Crippen LogP contribution in [-0.4, -0.2) is 5.91 Å². The van der Waals surface area contributed by atoms with Crippen molar-refractivity contribution in [2.24, 2.45) is 0 Å². The van der Waals surface area contributed by atoms with Crippen molar-refractivity contribution in [2.45, 2.75) is 20.3 Å². The highest BCUT2D eigenvalue weighted by molar-refractivity contribution is 6.34. The van der Waals surface area contributed by atoms with Crippen LogP contribution in [0.2, 0.25) is 5.02 Å². The molecule has 0 saturated carbocycles. The maximum atomic E-state index is 12.1. The lowest BCUT2D eigenvalue weighted by atomic mass is 10.1. The summed E-state index contributed by atoms with van der Waals surface area (Å²) in [5, 5.41) is 3.42. The van der Waals surface area contributed by atoms with E-state index in [4.69, 9.17) is 17.3 Å². The summed E-state index contributed by atoms with van der Waals surface area (Å²) in [6, 6.07) is 11.1. The molecule has 2 aromatic rings. The molecular formula is C16H17ClN2O. The van der Waals surface area contributed by atoms with Gasteiger partial charge >= 0.3 is 0 Å². The van der Waals surface area contributed by atoms with Gasteiger partial charge in [0.25, 0.3) is 0 Å². The normalized spacial score (nSPS) is 10.3. The summed E-state index contributed by atoms with van der Waals surface area (Å²) >= 11 is 6.17. The molecule has 0 heterocycles. The summed E-state index contributed by atoms with van der Waals surface area (Å²) in [5.74, 6) is -0.107. The number of hydrogen-bond donors (Lipinski definition) is 2. The average molecular weight is 289 g/mol. The number of hydrogen-bond acceptors (Lipinski definition) is 2. The Morgan fingerprint density at radius 2 is 2.00 bits per heavy atom. The van der Waals surface area contributed by atoms with Crippen LogP contribution in [0.4, 0.5) is 11.4 Å². The van der Waals surface area contributed by atoms with Gasteiger partial charge in [-0.25, -0.2) is 0 Å². The number of carbonyl (C=O) groups excluding carboxylic acids is 1. The molecule has 0 bridgehead atoms. The monoisotopic (exact) mass is 288 g/mol. The Morgan fingerprint density at radius 1 is 1.25 bits per heavy atom. The highest BCUT2D eigenvalue weighted by atomic mass is 35.5. The van der Waals surface area contributed by atoms with Gasteiger partial charge in [0, 0.05) is 5.69 Å². The smallest absolute Gasteiger partial charge is 0.228 e. The number of amides is 1. The second-order valence-electron chi connectivity index (χ2n) is 4.91. The number of nitrogens with one attached hydrogen (secondary N) is 1. The summed E-state index contributed by atoms with van der Waals surface area (Å²) < 4.78 is 0. The molecule has 0 atom stereocenters. The van der Waals surface area contributed by atoms with Crippen LogP contribution in [0.5, 0.6) is 0 Å². The number of rotatable bonds is 3. The van der Waals surface area contributed by atoms with Crippen molar-refractivity contribution in [3.63, 3.8) is 0 Å². The van der Waals surface area contributed by atoms with Crippen LogP contribution < -0.4 is 11.1 Å². The van der Waals surface area contributed by atoms with E-state index in [1.165, 1.54) is 0 Å². The van der Waals surface area contributed by atoms with Crippen LogP contribution in [0.1, 0.15) is 16.7 Å². The molecule has 0 unspecified atom stereocenters. The van der Waals surface area contributed by atoms with E-state index in [2.05, 4.69) is 5.32 Å². The van der Waals surface area contributed by atoms with E-state index in [0.29, 0.717) is 16.4 Å².